The Morgan fingerprint density at radius 1 is 0.187 bits per heavy atom. The zero-order valence-electron chi connectivity index (χ0n) is 58.8. The number of nitrogens with zero attached hydrogens (tertiary/aromatic N) is 2. The maximum Gasteiger partial charge on any atom is 0.182 e. The standard InChI is InChI=1S/C104H68N2Si/c1-5-33-69(34-6-1)105-93-59-31-29-41-73(93)91-65-67(61-63-95(91)105)97-75-43-13-17-47-79(75)99(80-48-18-14-44-76(80)97)101-83-51-21-25-55-87(83)103(88-56-26-22-52-84(88)101)107(71-37-9-3-10-38-71,72-39-11-4-12-40-72)104-89-57-27-23-53-85(89)102(86-54-24-28-58-90(86)104)100-81-49-19-15-45-77(81)98(78-46-16-20-50-82(78)100)68-62-64-96-92(66-68)74-42-30-32-60-94(74)106(96)70-35-7-2-8-36-70/h1-45,47-49,51-66H,46,50H2. The van der Waals surface area contributed by atoms with Crippen molar-refractivity contribution >= 4 is 148 Å². The summed E-state index contributed by atoms with van der Waals surface area (Å²) in [6.07, 6.45) is 6.50. The number of benzene rings is 19. The average molecular weight is 1370 g/mol. The largest absolute Gasteiger partial charge is 0.309 e. The fourth-order valence-corrected chi connectivity index (χ4v) is 25.2. The quantitative estimate of drug-likeness (QED) is 0.0559. The van der Waals surface area contributed by atoms with Crippen LogP contribution in [0.3, 0.4) is 0 Å². The summed E-state index contributed by atoms with van der Waals surface area (Å²) in [5, 5.41) is 28.0. The molecule has 0 N–H and O–H groups in total. The fraction of sp³-hybridized carbons (Fsp3) is 0.0192. The summed E-state index contributed by atoms with van der Waals surface area (Å²) in [5.74, 6) is 0. The summed E-state index contributed by atoms with van der Waals surface area (Å²) >= 11 is 0. The van der Waals surface area contributed by atoms with Gasteiger partial charge in [0.05, 0.1) is 22.1 Å². The second-order valence-electron chi connectivity index (χ2n) is 29.0. The van der Waals surface area contributed by atoms with Crippen LogP contribution in [-0.4, -0.2) is 17.2 Å². The lowest BCUT2D eigenvalue weighted by Gasteiger charge is -2.39. The van der Waals surface area contributed by atoms with E-state index >= 15 is 0 Å². The Hall–Kier alpha value is -13.4. The SMILES string of the molecule is C1=CCc2c(c(-c3ccc4c(c3)c3ccccc3n4-c3ccccc3)c3ccccc3c2-c2c3ccccc3c([Si](c3ccccc3)(c3ccccc3)c3c4ccccc4c(-c4c5ccccc5c(-c5ccc6c(c5)c5ccccc5n6-c5ccccc5)c5ccccc45)c4ccccc34)c3ccccc23)C1. The molecule has 2 aromatic heterocycles. The van der Waals surface area contributed by atoms with Gasteiger partial charge in [0, 0.05) is 32.9 Å². The van der Waals surface area contributed by atoms with Gasteiger partial charge in [0.15, 0.2) is 8.07 Å². The van der Waals surface area contributed by atoms with Crippen molar-refractivity contribution in [3.05, 3.63) is 399 Å². The summed E-state index contributed by atoms with van der Waals surface area (Å²) in [4.78, 5) is 0. The first-order valence-electron chi connectivity index (χ1n) is 37.5. The molecule has 0 amide bonds. The van der Waals surface area contributed by atoms with Crippen LogP contribution in [0.15, 0.2) is 388 Å². The predicted octanol–water partition coefficient (Wildman–Crippen LogP) is 24.7. The topological polar surface area (TPSA) is 9.86 Å². The van der Waals surface area contributed by atoms with Crippen molar-refractivity contribution in [3.63, 3.8) is 0 Å². The average Bonchev–Trinajstić information content (AvgIpc) is 1.43. The van der Waals surface area contributed by atoms with E-state index in [2.05, 4.69) is 397 Å². The molecule has 0 saturated carbocycles. The smallest absolute Gasteiger partial charge is 0.182 e. The molecular weight excluding hydrogens is 1310 g/mol. The number of allylic oxidation sites excluding steroid dienone is 2. The van der Waals surface area contributed by atoms with Gasteiger partial charge in [-0.05, 0) is 225 Å². The maximum atomic E-state index is 2.49. The Bertz CT molecular complexity index is 7080. The monoisotopic (exact) mass is 1370 g/mol. The van der Waals surface area contributed by atoms with Crippen molar-refractivity contribution in [3.8, 4) is 55.9 Å². The van der Waals surface area contributed by atoms with Crippen molar-refractivity contribution in [2.75, 3.05) is 0 Å². The van der Waals surface area contributed by atoms with E-state index < -0.39 is 8.07 Å². The van der Waals surface area contributed by atoms with Gasteiger partial charge in [0.1, 0.15) is 0 Å². The highest BCUT2D eigenvalue weighted by Crippen LogP contribution is 2.52. The maximum absolute atomic E-state index is 3.64. The summed E-state index contributed by atoms with van der Waals surface area (Å²) in [5.41, 5.74) is 20.1. The van der Waals surface area contributed by atoms with Crippen molar-refractivity contribution in [1.82, 2.24) is 9.13 Å². The molecule has 21 aromatic rings. The van der Waals surface area contributed by atoms with E-state index in [4.69, 9.17) is 0 Å². The van der Waals surface area contributed by atoms with Crippen molar-refractivity contribution in [2.45, 2.75) is 12.8 Å². The summed E-state index contributed by atoms with van der Waals surface area (Å²) in [6, 6.07) is 143. The van der Waals surface area contributed by atoms with Gasteiger partial charge in [-0.15, -0.1) is 0 Å². The van der Waals surface area contributed by atoms with Crippen molar-refractivity contribution < 1.29 is 0 Å². The molecule has 0 aliphatic heterocycles. The summed E-state index contributed by atoms with van der Waals surface area (Å²) in [7, 11) is -3.64. The van der Waals surface area contributed by atoms with Gasteiger partial charge in [0.2, 0.25) is 0 Å². The van der Waals surface area contributed by atoms with Crippen LogP contribution in [0.25, 0.3) is 175 Å². The van der Waals surface area contributed by atoms with Crippen LogP contribution < -0.4 is 20.7 Å². The molecule has 0 atom stereocenters. The molecule has 0 radical (unpaired) electrons. The first kappa shape index (κ1) is 61.1. The van der Waals surface area contributed by atoms with E-state index in [1.807, 2.05) is 0 Å². The molecular formula is C104H68N2Si. The van der Waals surface area contributed by atoms with Gasteiger partial charge >= 0.3 is 0 Å². The van der Waals surface area contributed by atoms with Gasteiger partial charge in [0.25, 0.3) is 0 Å². The fourth-order valence-electron chi connectivity index (χ4n) is 19.5. The van der Waals surface area contributed by atoms with Gasteiger partial charge in [-0.3, -0.25) is 0 Å². The molecule has 0 fully saturated rings. The van der Waals surface area contributed by atoms with Crippen LogP contribution in [0.5, 0.6) is 0 Å². The third-order valence-corrected chi connectivity index (χ3v) is 28.6. The zero-order chi connectivity index (χ0) is 70.3. The van der Waals surface area contributed by atoms with E-state index in [-0.39, 0.29) is 0 Å². The molecule has 2 nitrogen and oxygen atoms in total. The normalized spacial score (nSPS) is 12.6. The van der Waals surface area contributed by atoms with Crippen LogP contribution in [0.1, 0.15) is 11.1 Å². The number of hydrogen-bond acceptors (Lipinski definition) is 0. The number of hydrogen-bond donors (Lipinski definition) is 0. The molecule has 0 bridgehead atoms. The van der Waals surface area contributed by atoms with E-state index in [1.54, 1.807) is 0 Å². The Balaban J connectivity index is 0.819. The van der Waals surface area contributed by atoms with E-state index in [0.29, 0.717) is 0 Å². The second-order valence-corrected chi connectivity index (χ2v) is 32.6. The van der Waals surface area contributed by atoms with Crippen LogP contribution in [0.4, 0.5) is 0 Å². The highest BCUT2D eigenvalue weighted by Gasteiger charge is 2.47. The zero-order valence-corrected chi connectivity index (χ0v) is 59.8. The lowest BCUT2D eigenvalue weighted by molar-refractivity contribution is 1.11. The highest BCUT2D eigenvalue weighted by molar-refractivity contribution is 7.23. The van der Waals surface area contributed by atoms with Gasteiger partial charge in [-0.25, -0.2) is 0 Å². The minimum Gasteiger partial charge on any atom is -0.309 e. The third kappa shape index (κ3) is 8.99. The molecule has 0 unspecified atom stereocenters. The lowest BCUT2D eigenvalue weighted by atomic mass is 9.78. The number of para-hydroxylation sites is 4. The van der Waals surface area contributed by atoms with Gasteiger partial charge in [-0.1, -0.05) is 328 Å². The van der Waals surface area contributed by atoms with E-state index in [9.17, 15) is 0 Å². The van der Waals surface area contributed by atoms with Gasteiger partial charge < -0.3 is 9.13 Å². The third-order valence-electron chi connectivity index (χ3n) is 23.7. The molecule has 22 rings (SSSR count). The van der Waals surface area contributed by atoms with Crippen LogP contribution in [0, 0.1) is 0 Å². The Kier molecular flexibility index (Phi) is 13.9. The first-order chi connectivity index (χ1) is 53.2. The lowest BCUT2D eigenvalue weighted by Crippen LogP contribution is -2.75. The second kappa shape index (κ2) is 24.3. The number of aromatic nitrogens is 2. The molecule has 19 aromatic carbocycles. The Morgan fingerprint density at radius 2 is 0.439 bits per heavy atom. The van der Waals surface area contributed by atoms with Gasteiger partial charge in [-0.2, -0.15) is 0 Å². The Morgan fingerprint density at radius 3 is 0.813 bits per heavy atom. The first-order valence-corrected chi connectivity index (χ1v) is 39.5. The minimum atomic E-state index is -3.64. The van der Waals surface area contributed by atoms with Crippen LogP contribution in [-0.2, 0) is 12.8 Å². The molecule has 0 spiro atoms. The highest BCUT2D eigenvalue weighted by atomic mass is 28.3. The summed E-state index contributed by atoms with van der Waals surface area (Å²) < 4.78 is 4.85. The molecule has 1 aliphatic rings. The van der Waals surface area contributed by atoms with Crippen LogP contribution >= 0.6 is 0 Å². The minimum absolute atomic E-state index is 0.823. The Labute approximate surface area is 620 Å². The molecule has 3 heteroatoms. The molecule has 498 valence electrons. The van der Waals surface area contributed by atoms with Crippen molar-refractivity contribution in [2.24, 2.45) is 0 Å². The van der Waals surface area contributed by atoms with Crippen LogP contribution in [0.2, 0.25) is 0 Å². The number of fused-ring (bicyclic) bond motifs is 14. The van der Waals surface area contributed by atoms with Crippen molar-refractivity contribution in [1.29, 1.82) is 0 Å². The molecule has 2 heterocycles. The molecule has 107 heavy (non-hydrogen) atoms. The predicted molar refractivity (Wildman–Crippen MR) is 460 cm³/mol. The van der Waals surface area contributed by atoms with E-state index in [1.165, 1.54) is 195 Å². The molecule has 0 saturated heterocycles. The van der Waals surface area contributed by atoms with E-state index in [0.717, 1.165) is 24.2 Å². The molecule has 1 aliphatic carbocycles. The number of rotatable bonds is 10. The summed E-state index contributed by atoms with van der Waals surface area (Å²) in [6.45, 7) is 0.